The Morgan fingerprint density at radius 1 is 1.27 bits per heavy atom. The monoisotopic (exact) mass is 399 g/mol. The highest BCUT2D eigenvalue weighted by atomic mass is 16.2. The van der Waals surface area contributed by atoms with Gasteiger partial charge in [-0.25, -0.2) is 4.98 Å². The van der Waals surface area contributed by atoms with E-state index in [2.05, 4.69) is 45.6 Å². The first-order chi connectivity index (χ1) is 14.6. The molecule has 0 spiro atoms. The first-order valence-corrected chi connectivity index (χ1v) is 10.6. The molecule has 2 aliphatic carbocycles. The van der Waals surface area contributed by atoms with Crippen LogP contribution in [0, 0.1) is 11.3 Å². The van der Waals surface area contributed by atoms with E-state index >= 15 is 0 Å². The summed E-state index contributed by atoms with van der Waals surface area (Å²) in [7, 11) is 0. The molecular formula is C24H25N5O. The van der Waals surface area contributed by atoms with E-state index in [9.17, 15) is 4.79 Å². The van der Waals surface area contributed by atoms with E-state index in [0.717, 1.165) is 37.7 Å². The molecule has 2 aromatic carbocycles. The molecule has 2 N–H and O–H groups in total. The number of imidazole rings is 1. The highest BCUT2D eigenvalue weighted by Gasteiger charge is 2.73. The Labute approximate surface area is 175 Å². The van der Waals surface area contributed by atoms with Gasteiger partial charge in [-0.15, -0.1) is 0 Å². The number of nitriles is 1. The Morgan fingerprint density at radius 2 is 2.10 bits per heavy atom. The molecule has 2 fully saturated rings. The van der Waals surface area contributed by atoms with E-state index in [0.29, 0.717) is 23.4 Å². The zero-order valence-electron chi connectivity index (χ0n) is 17.1. The van der Waals surface area contributed by atoms with Crippen molar-refractivity contribution < 1.29 is 4.79 Å². The molecule has 1 amide bonds. The summed E-state index contributed by atoms with van der Waals surface area (Å²) in [6, 6.07) is 17.8. The number of hydrogen-bond donors (Lipinski definition) is 2. The number of aromatic amines is 1. The maximum atomic E-state index is 13.5. The number of carbonyl (C=O) groups is 1. The molecule has 152 valence electrons. The van der Waals surface area contributed by atoms with Crippen LogP contribution in [0.4, 0.5) is 0 Å². The molecule has 3 aromatic rings. The van der Waals surface area contributed by atoms with Gasteiger partial charge in [0, 0.05) is 18.6 Å². The van der Waals surface area contributed by atoms with Crippen molar-refractivity contribution in [3.8, 4) is 6.07 Å². The predicted octanol–water partition coefficient (Wildman–Crippen LogP) is 3.75. The van der Waals surface area contributed by atoms with Crippen molar-refractivity contribution in [3.63, 3.8) is 0 Å². The number of rotatable bonds is 6. The zero-order chi connectivity index (χ0) is 20.8. The fourth-order valence-electron chi connectivity index (χ4n) is 5.41. The van der Waals surface area contributed by atoms with Crippen molar-refractivity contribution in [2.24, 2.45) is 0 Å². The summed E-state index contributed by atoms with van der Waals surface area (Å²) in [5, 5.41) is 12.9. The third-order valence-corrected chi connectivity index (χ3v) is 6.92. The molecule has 6 nitrogen and oxygen atoms in total. The summed E-state index contributed by atoms with van der Waals surface area (Å²) in [5.41, 5.74) is 3.11. The summed E-state index contributed by atoms with van der Waals surface area (Å²) >= 11 is 0. The molecule has 0 bridgehead atoms. The highest BCUT2D eigenvalue weighted by molar-refractivity contribution is 5.95. The fourth-order valence-corrected chi connectivity index (χ4v) is 5.41. The summed E-state index contributed by atoms with van der Waals surface area (Å²) < 4.78 is 0. The van der Waals surface area contributed by atoms with E-state index in [1.807, 2.05) is 17.9 Å². The summed E-state index contributed by atoms with van der Waals surface area (Å²) in [6.45, 7) is 3.51. The Kier molecular flexibility index (Phi) is 4.37. The number of benzene rings is 2. The lowest BCUT2D eigenvalue weighted by Crippen LogP contribution is -2.49. The van der Waals surface area contributed by atoms with Crippen LogP contribution in [0.5, 0.6) is 0 Å². The van der Waals surface area contributed by atoms with Crippen LogP contribution in [0.1, 0.15) is 54.4 Å². The van der Waals surface area contributed by atoms with Gasteiger partial charge in [-0.2, -0.15) is 5.26 Å². The van der Waals surface area contributed by atoms with Crippen LogP contribution in [-0.4, -0.2) is 38.4 Å². The number of nitrogens with one attached hydrogen (secondary N) is 2. The Bertz CT molecular complexity index is 1150. The minimum absolute atomic E-state index is 0.00545. The molecule has 2 saturated carbocycles. The van der Waals surface area contributed by atoms with E-state index in [1.165, 1.54) is 5.56 Å². The average Bonchev–Trinajstić information content (AvgIpc) is 3.07. The van der Waals surface area contributed by atoms with Gasteiger partial charge in [-0.1, -0.05) is 30.3 Å². The quantitative estimate of drug-likeness (QED) is 0.661. The zero-order valence-corrected chi connectivity index (χ0v) is 17.1. The van der Waals surface area contributed by atoms with Crippen LogP contribution in [-0.2, 0) is 6.54 Å². The Hall–Kier alpha value is -3.17. The molecule has 1 heterocycles. The van der Waals surface area contributed by atoms with Gasteiger partial charge < -0.3 is 15.2 Å². The molecule has 30 heavy (non-hydrogen) atoms. The minimum Gasteiger partial charge on any atom is -0.334 e. The van der Waals surface area contributed by atoms with Gasteiger partial charge in [0.1, 0.15) is 0 Å². The highest BCUT2D eigenvalue weighted by Crippen LogP contribution is 2.63. The van der Waals surface area contributed by atoms with Crippen molar-refractivity contribution in [2.45, 2.75) is 50.2 Å². The normalized spacial score (nSPS) is 24.4. The molecule has 6 heteroatoms. The number of H-pyrrole nitrogens is 1. The van der Waals surface area contributed by atoms with E-state index in [-0.39, 0.29) is 17.0 Å². The lowest BCUT2D eigenvalue weighted by atomic mass is 10.1. The Balaban J connectivity index is 1.39. The third kappa shape index (κ3) is 2.81. The molecule has 0 saturated heterocycles. The van der Waals surface area contributed by atoms with Crippen molar-refractivity contribution >= 4 is 16.9 Å². The Morgan fingerprint density at radius 3 is 2.87 bits per heavy atom. The second kappa shape index (κ2) is 6.96. The smallest absolute Gasteiger partial charge is 0.290 e. The summed E-state index contributed by atoms with van der Waals surface area (Å²) in [4.78, 5) is 23.1. The van der Waals surface area contributed by atoms with Gasteiger partial charge in [-0.3, -0.25) is 4.79 Å². The lowest BCUT2D eigenvalue weighted by molar-refractivity contribution is 0.0625. The van der Waals surface area contributed by atoms with Gasteiger partial charge in [0.15, 0.2) is 5.82 Å². The predicted molar refractivity (Wildman–Crippen MR) is 115 cm³/mol. The second-order valence-corrected chi connectivity index (χ2v) is 8.46. The maximum absolute atomic E-state index is 13.5. The van der Waals surface area contributed by atoms with Crippen LogP contribution in [0.15, 0.2) is 48.5 Å². The number of amides is 1. The van der Waals surface area contributed by atoms with E-state index < -0.39 is 0 Å². The van der Waals surface area contributed by atoms with Crippen LogP contribution >= 0.6 is 0 Å². The van der Waals surface area contributed by atoms with Gasteiger partial charge >= 0.3 is 0 Å². The van der Waals surface area contributed by atoms with Crippen LogP contribution in [0.3, 0.4) is 0 Å². The van der Waals surface area contributed by atoms with Crippen molar-refractivity contribution in [2.75, 3.05) is 6.54 Å². The van der Waals surface area contributed by atoms with E-state index in [1.54, 1.807) is 18.2 Å². The molecular weight excluding hydrogens is 374 g/mol. The van der Waals surface area contributed by atoms with Crippen LogP contribution < -0.4 is 5.32 Å². The number of carbonyl (C=O) groups excluding carboxylic acids is 1. The fraction of sp³-hybridized carbons (Fsp3) is 0.375. The molecule has 5 rings (SSSR count). The summed E-state index contributed by atoms with van der Waals surface area (Å²) in [5.74, 6) is 0.296. The van der Waals surface area contributed by atoms with Crippen molar-refractivity contribution in [1.29, 1.82) is 5.26 Å². The van der Waals surface area contributed by atoms with Crippen molar-refractivity contribution in [3.05, 3.63) is 65.5 Å². The number of hydrogen-bond acceptors (Lipinski definition) is 4. The van der Waals surface area contributed by atoms with Crippen LogP contribution in [0.25, 0.3) is 11.0 Å². The van der Waals surface area contributed by atoms with Gasteiger partial charge in [0.2, 0.25) is 0 Å². The number of aromatic nitrogens is 2. The molecule has 2 atom stereocenters. The first-order valence-electron chi connectivity index (χ1n) is 10.6. The lowest BCUT2D eigenvalue weighted by Gasteiger charge is -2.32. The maximum Gasteiger partial charge on any atom is 0.290 e. The molecule has 0 unspecified atom stereocenters. The average molecular weight is 399 g/mol. The number of likely N-dealkylation sites (N-methyl/N-ethyl adjacent to an activating group) is 1. The topological polar surface area (TPSA) is 84.8 Å². The van der Waals surface area contributed by atoms with Gasteiger partial charge in [0.25, 0.3) is 5.91 Å². The molecule has 1 aromatic heterocycles. The number of fused-ring (bicyclic) bond motifs is 2. The molecule has 0 radical (unpaired) electrons. The van der Waals surface area contributed by atoms with Crippen LogP contribution in [0.2, 0.25) is 0 Å². The van der Waals surface area contributed by atoms with E-state index in [4.69, 9.17) is 5.26 Å². The molecule has 0 aliphatic heterocycles. The first kappa shape index (κ1) is 18.8. The van der Waals surface area contributed by atoms with Gasteiger partial charge in [0.05, 0.1) is 28.2 Å². The minimum atomic E-state index is -0.135. The van der Waals surface area contributed by atoms with Crippen molar-refractivity contribution in [1.82, 2.24) is 20.2 Å². The summed E-state index contributed by atoms with van der Waals surface area (Å²) in [6.07, 6.45) is 4.23. The van der Waals surface area contributed by atoms with Gasteiger partial charge in [-0.05, 0) is 56.4 Å². The molecule has 2 aliphatic rings. The standard InChI is InChI=1S/C24H25N5O/c1-2-29(22(30)21-27-19-10-9-18(14-25)13-20(19)28-21)24-12-6-11-23(24,16-24)26-15-17-7-4-3-5-8-17/h3-5,7-10,13,26H,2,6,11-12,15-16H2,1H3,(H,27,28)/t23-,24-/m0/s1. The SMILES string of the molecule is CCN(C(=O)c1nc2ccc(C#N)cc2[nH]1)[C@]12CCC[C@]1(NCc1ccccc1)C2. The number of nitrogens with zero attached hydrogens (tertiary/aromatic N) is 3. The second-order valence-electron chi connectivity index (χ2n) is 8.46. The largest absolute Gasteiger partial charge is 0.334 e. The third-order valence-electron chi connectivity index (χ3n) is 6.92.